The van der Waals surface area contributed by atoms with E-state index in [0.29, 0.717) is 27.9 Å². The molecule has 0 radical (unpaired) electrons. The normalized spacial score (nSPS) is 18.7. The van der Waals surface area contributed by atoms with E-state index >= 15 is 0 Å². The molecule has 2 heteroatoms. The van der Waals surface area contributed by atoms with Gasteiger partial charge in [-0.15, -0.1) is 0 Å². The van der Waals surface area contributed by atoms with Crippen LogP contribution in [0.3, 0.4) is 0 Å². The summed E-state index contributed by atoms with van der Waals surface area (Å²) in [4.78, 5) is 1.71. The molecular formula is C52H35NO. The number of furan rings is 1. The zero-order valence-corrected chi connectivity index (χ0v) is 28.9. The molecule has 1 heterocycles. The quantitative estimate of drug-likeness (QED) is 0.182. The number of fused-ring (bicyclic) bond motifs is 16. The number of nitrogens with zero attached hydrogens (tertiary/aromatic N) is 1. The molecule has 54 heavy (non-hydrogen) atoms. The van der Waals surface area contributed by atoms with Crippen molar-refractivity contribution < 1.29 is 25.0 Å². The molecule has 3 aliphatic rings. The molecular weight excluding hydrogens is 655 g/mol. The number of anilines is 3. The Morgan fingerprint density at radius 1 is 0.463 bits per heavy atom. The third-order valence-corrected chi connectivity index (χ3v) is 11.6. The van der Waals surface area contributed by atoms with Gasteiger partial charge in [-0.1, -0.05) is 147 Å². The van der Waals surface area contributed by atoms with Crippen molar-refractivity contribution in [2.45, 2.75) is 24.7 Å². The van der Waals surface area contributed by atoms with Gasteiger partial charge in [0, 0.05) is 33.1 Å². The smallest absolute Gasteiger partial charge is 0.135 e. The van der Waals surface area contributed by atoms with Crippen LogP contribution < -0.4 is 4.90 Å². The molecule has 0 atom stereocenters. The van der Waals surface area contributed by atoms with Crippen molar-refractivity contribution in [3.63, 3.8) is 0 Å². The first-order valence-electron chi connectivity index (χ1n) is 25.2. The number of benzene rings is 8. The van der Waals surface area contributed by atoms with Crippen LogP contribution in [-0.4, -0.2) is 0 Å². The maximum atomic E-state index is 10.0. The Morgan fingerprint density at radius 3 is 1.85 bits per heavy atom. The number of rotatable bonds is 3. The Balaban J connectivity index is 1.31. The fourth-order valence-electron chi connectivity index (χ4n) is 9.27. The van der Waals surface area contributed by atoms with Gasteiger partial charge in [0.15, 0.2) is 0 Å². The van der Waals surface area contributed by atoms with Crippen LogP contribution in [0, 0.1) is 0 Å². The van der Waals surface area contributed by atoms with Gasteiger partial charge in [-0.3, -0.25) is 0 Å². The Kier molecular flexibility index (Phi) is 3.67. The average Bonchev–Trinajstić information content (AvgIpc) is 4.04. The molecule has 9 aromatic rings. The lowest BCUT2D eigenvalue weighted by Crippen LogP contribution is -2.26. The van der Waals surface area contributed by atoms with Gasteiger partial charge in [-0.25, -0.2) is 0 Å². The summed E-state index contributed by atoms with van der Waals surface area (Å²) in [7, 11) is 0. The first-order chi connectivity index (χ1) is 32.8. The van der Waals surface area contributed by atoms with Crippen LogP contribution in [0.2, 0.25) is 0 Å². The van der Waals surface area contributed by atoms with Crippen LogP contribution in [0.4, 0.5) is 17.1 Å². The van der Waals surface area contributed by atoms with Gasteiger partial charge >= 0.3 is 0 Å². The monoisotopic (exact) mass is 704 g/mol. The molecule has 8 aromatic carbocycles. The van der Waals surface area contributed by atoms with E-state index in [-0.39, 0.29) is 50.2 Å². The summed E-state index contributed by atoms with van der Waals surface area (Å²) in [6, 6.07) is 16.5. The van der Waals surface area contributed by atoms with E-state index in [4.69, 9.17) is 12.6 Å². The highest BCUT2D eigenvalue weighted by Gasteiger charge is 2.52. The standard InChI is InChI=1S/C52H35NO/c1-51(2)41-19-8-3-14-34(41)37-28-26-33(31-46(37)51)53(32-27-29-49-40(30-32)38-17-7-12-25-48(38)54-49)47-24-13-23-45-50(47)39-18-6-11-22-44(39)52(45)42-20-9-4-15-35(42)36-16-5-10-21-43(36)52/h3-31H,1-2H3/i4D,5D,6D,9D,10D,11D,13D,15D,16D,18D,20D,21D,22D,23D,24D. The van der Waals surface area contributed by atoms with E-state index in [1.165, 1.54) is 0 Å². The molecule has 3 aliphatic carbocycles. The summed E-state index contributed by atoms with van der Waals surface area (Å²) in [5, 5.41) is 1.47. The van der Waals surface area contributed by atoms with E-state index in [1.807, 2.05) is 60.7 Å². The first kappa shape index (κ1) is 18.9. The summed E-state index contributed by atoms with van der Waals surface area (Å²) in [5.41, 5.74) is 0.581. The van der Waals surface area contributed by atoms with Gasteiger partial charge < -0.3 is 9.32 Å². The Hall–Kier alpha value is -6.64. The van der Waals surface area contributed by atoms with Crippen LogP contribution in [0.1, 0.15) is 67.8 Å². The molecule has 1 spiro atoms. The molecule has 2 nitrogen and oxygen atoms in total. The summed E-state index contributed by atoms with van der Waals surface area (Å²) in [6.45, 7) is 4.21. The van der Waals surface area contributed by atoms with E-state index in [9.17, 15) is 12.3 Å². The molecule has 254 valence electrons. The fourth-order valence-corrected chi connectivity index (χ4v) is 9.27. The predicted molar refractivity (Wildman–Crippen MR) is 222 cm³/mol. The van der Waals surface area contributed by atoms with Crippen molar-refractivity contribution in [1.29, 1.82) is 0 Å². The molecule has 0 aliphatic heterocycles. The zero-order chi connectivity index (χ0) is 48.8. The summed E-state index contributed by atoms with van der Waals surface area (Å²) in [5.74, 6) is 0. The highest BCUT2D eigenvalue weighted by atomic mass is 16.3. The van der Waals surface area contributed by atoms with Crippen LogP contribution in [-0.2, 0) is 10.8 Å². The van der Waals surface area contributed by atoms with Crippen molar-refractivity contribution in [2.75, 3.05) is 4.90 Å². The summed E-state index contributed by atoms with van der Waals surface area (Å²) < 4.78 is 147. The van der Waals surface area contributed by atoms with Gasteiger partial charge in [0.1, 0.15) is 11.2 Å². The Labute approximate surface area is 335 Å². The Bertz CT molecular complexity index is 3840. The number of hydrogen-bond donors (Lipinski definition) is 0. The van der Waals surface area contributed by atoms with Gasteiger partial charge in [0.25, 0.3) is 0 Å². The first-order valence-corrected chi connectivity index (χ1v) is 17.7. The molecule has 0 saturated carbocycles. The van der Waals surface area contributed by atoms with Gasteiger partial charge in [-0.2, -0.15) is 0 Å². The minimum absolute atomic E-state index is 0.105. The second-order valence-corrected chi connectivity index (χ2v) is 14.5. The van der Waals surface area contributed by atoms with Crippen molar-refractivity contribution in [3.8, 4) is 33.4 Å². The lowest BCUT2D eigenvalue weighted by Gasteiger charge is -2.32. The molecule has 1 aromatic heterocycles. The third-order valence-electron chi connectivity index (χ3n) is 11.6. The van der Waals surface area contributed by atoms with Crippen molar-refractivity contribution in [3.05, 3.63) is 209 Å². The van der Waals surface area contributed by atoms with Crippen LogP contribution in [0.25, 0.3) is 55.3 Å². The van der Waals surface area contributed by atoms with Crippen molar-refractivity contribution >= 4 is 39.0 Å². The highest BCUT2D eigenvalue weighted by Crippen LogP contribution is 2.65. The minimum atomic E-state index is -2.48. The van der Waals surface area contributed by atoms with Gasteiger partial charge in [0.2, 0.25) is 0 Å². The fraction of sp³-hybridized carbons (Fsp3) is 0.0769. The summed E-state index contributed by atoms with van der Waals surface area (Å²) in [6.07, 6.45) is 0. The molecule has 0 amide bonds. The largest absolute Gasteiger partial charge is 0.456 e. The number of hydrogen-bond acceptors (Lipinski definition) is 2. The minimum Gasteiger partial charge on any atom is -0.456 e. The molecule has 0 N–H and O–H groups in total. The van der Waals surface area contributed by atoms with Crippen molar-refractivity contribution in [1.82, 2.24) is 0 Å². The van der Waals surface area contributed by atoms with E-state index in [0.717, 1.165) is 27.6 Å². The molecule has 0 saturated heterocycles. The lowest BCUT2D eigenvalue weighted by molar-refractivity contribution is 0.660. The van der Waals surface area contributed by atoms with E-state index < -0.39 is 101 Å². The zero-order valence-electron chi connectivity index (χ0n) is 43.9. The molecule has 0 fully saturated rings. The van der Waals surface area contributed by atoms with E-state index in [1.54, 1.807) is 17.0 Å². The van der Waals surface area contributed by atoms with E-state index in [2.05, 4.69) is 26.0 Å². The maximum absolute atomic E-state index is 10.0. The molecule has 0 bridgehead atoms. The molecule has 12 rings (SSSR count). The highest BCUT2D eigenvalue weighted by molar-refractivity contribution is 6.07. The van der Waals surface area contributed by atoms with Crippen molar-refractivity contribution in [2.24, 2.45) is 0 Å². The van der Waals surface area contributed by atoms with Gasteiger partial charge in [0.05, 0.1) is 31.7 Å². The average molecular weight is 705 g/mol. The SMILES string of the molecule is [2H]c1c([2H])c([2H])c2c(c1[2H])-c1c([2H])c([2H])c([2H])c([2H])c1C21c2c([2H])c([2H])c([2H])c([2H])c2-c2c(N(c3ccc4c(c3)C(C)(C)c3ccccc3-4)c3ccc4oc5ccccc5c4c3)c([2H])c([2H])c([2H])c21. The Morgan fingerprint density at radius 2 is 1.06 bits per heavy atom. The van der Waals surface area contributed by atoms with Crippen LogP contribution in [0.5, 0.6) is 0 Å². The lowest BCUT2D eigenvalue weighted by atomic mass is 9.70. The summed E-state index contributed by atoms with van der Waals surface area (Å²) >= 11 is 0. The topological polar surface area (TPSA) is 16.4 Å². The molecule has 0 unspecified atom stereocenters. The van der Waals surface area contributed by atoms with Crippen LogP contribution >= 0.6 is 0 Å². The van der Waals surface area contributed by atoms with Crippen LogP contribution in [0.15, 0.2) is 180 Å². The second-order valence-electron chi connectivity index (χ2n) is 14.5. The number of para-hydroxylation sites is 1. The predicted octanol–water partition coefficient (Wildman–Crippen LogP) is 13.7. The second kappa shape index (κ2) is 10.5. The maximum Gasteiger partial charge on any atom is 0.135 e. The third kappa shape index (κ3) is 3.65. The van der Waals surface area contributed by atoms with Gasteiger partial charge in [-0.05, 0) is 104 Å².